The van der Waals surface area contributed by atoms with Crippen molar-refractivity contribution in [1.29, 1.82) is 0 Å². The third-order valence-corrected chi connectivity index (χ3v) is 3.13. The first kappa shape index (κ1) is 13.4. The number of aliphatic carboxylic acids is 1. The average molecular weight is 264 g/mol. The van der Waals surface area contributed by atoms with E-state index in [0.717, 1.165) is 17.7 Å². The molecule has 6 heteroatoms. The number of carboxylic acids is 1. The predicted molar refractivity (Wildman–Crippen MR) is 69.3 cm³/mol. The Morgan fingerprint density at radius 1 is 1.47 bits per heavy atom. The number of carbonyl (C=O) groups is 2. The van der Waals surface area contributed by atoms with Gasteiger partial charge < -0.3 is 15.2 Å². The molecule has 0 radical (unpaired) electrons. The minimum Gasteiger partial charge on any atom is -0.479 e. The molecule has 0 fully saturated rings. The Morgan fingerprint density at radius 2 is 2.21 bits per heavy atom. The fourth-order valence-corrected chi connectivity index (χ4v) is 2.10. The third kappa shape index (κ3) is 2.85. The van der Waals surface area contributed by atoms with Gasteiger partial charge in [-0.1, -0.05) is 18.2 Å². The van der Waals surface area contributed by atoms with Crippen LogP contribution < -0.4 is 10.2 Å². The van der Waals surface area contributed by atoms with Crippen molar-refractivity contribution in [1.82, 2.24) is 5.32 Å². The normalized spacial score (nSPS) is 14.9. The van der Waals surface area contributed by atoms with Gasteiger partial charge in [-0.2, -0.15) is 0 Å². The van der Waals surface area contributed by atoms with Crippen molar-refractivity contribution in [2.75, 3.05) is 25.1 Å². The molecule has 1 aliphatic heterocycles. The summed E-state index contributed by atoms with van der Waals surface area (Å²) in [6.45, 7) is 0.555. The Balaban J connectivity index is 1.97. The molecule has 2 N–H and O–H groups in total. The van der Waals surface area contributed by atoms with Crippen LogP contribution in [0.3, 0.4) is 0 Å². The van der Waals surface area contributed by atoms with Gasteiger partial charge in [0, 0.05) is 19.3 Å². The van der Waals surface area contributed by atoms with Gasteiger partial charge in [0.2, 0.25) is 0 Å². The quantitative estimate of drug-likeness (QED) is 0.845. The van der Waals surface area contributed by atoms with Crippen LogP contribution in [0.15, 0.2) is 24.3 Å². The highest BCUT2D eigenvalue weighted by Gasteiger charge is 2.25. The lowest BCUT2D eigenvalue weighted by Gasteiger charge is -2.19. The van der Waals surface area contributed by atoms with Gasteiger partial charge in [0.15, 0.2) is 6.10 Å². The van der Waals surface area contributed by atoms with Crippen LogP contribution in [0.25, 0.3) is 0 Å². The van der Waals surface area contributed by atoms with Crippen LogP contribution in [0, 0.1) is 0 Å². The molecule has 1 atom stereocenters. The molecule has 0 saturated heterocycles. The SMILES string of the molecule is COC(CNC(=O)N1CCc2ccccc21)C(=O)O. The van der Waals surface area contributed by atoms with Gasteiger partial charge in [-0.25, -0.2) is 9.59 Å². The highest BCUT2D eigenvalue weighted by atomic mass is 16.5. The number of amides is 2. The van der Waals surface area contributed by atoms with E-state index in [0.29, 0.717) is 6.54 Å². The molecule has 0 saturated carbocycles. The molecule has 2 rings (SSSR count). The summed E-state index contributed by atoms with van der Waals surface area (Å²) >= 11 is 0. The number of fused-ring (bicyclic) bond motifs is 1. The summed E-state index contributed by atoms with van der Waals surface area (Å²) in [6, 6.07) is 7.38. The number of anilines is 1. The van der Waals surface area contributed by atoms with Crippen LogP contribution in [-0.4, -0.2) is 43.4 Å². The fourth-order valence-electron chi connectivity index (χ4n) is 2.10. The number of hydrogen-bond donors (Lipinski definition) is 2. The molecule has 1 heterocycles. The number of carbonyl (C=O) groups excluding carboxylic acids is 1. The largest absolute Gasteiger partial charge is 0.479 e. The summed E-state index contributed by atoms with van der Waals surface area (Å²) in [4.78, 5) is 24.4. The van der Waals surface area contributed by atoms with Crippen LogP contribution in [0.5, 0.6) is 0 Å². The molecule has 0 bridgehead atoms. The van der Waals surface area contributed by atoms with E-state index < -0.39 is 12.1 Å². The summed E-state index contributed by atoms with van der Waals surface area (Å²) in [5.41, 5.74) is 2.00. The minimum atomic E-state index is -1.09. The van der Waals surface area contributed by atoms with E-state index in [1.54, 1.807) is 4.90 Å². The summed E-state index contributed by atoms with van der Waals surface area (Å²) in [7, 11) is 1.30. The topological polar surface area (TPSA) is 78.9 Å². The second-order valence-corrected chi connectivity index (χ2v) is 4.28. The van der Waals surface area contributed by atoms with E-state index in [-0.39, 0.29) is 12.6 Å². The van der Waals surface area contributed by atoms with E-state index in [2.05, 4.69) is 5.32 Å². The maximum Gasteiger partial charge on any atom is 0.334 e. The molecule has 1 unspecified atom stereocenters. The lowest BCUT2D eigenvalue weighted by Crippen LogP contribution is -2.44. The number of nitrogens with zero attached hydrogens (tertiary/aromatic N) is 1. The third-order valence-electron chi connectivity index (χ3n) is 3.13. The Hall–Kier alpha value is -2.08. The number of carboxylic acid groups (broad SMARTS) is 1. The van der Waals surface area contributed by atoms with E-state index in [9.17, 15) is 9.59 Å². The molecule has 19 heavy (non-hydrogen) atoms. The Bertz CT molecular complexity index is 489. The van der Waals surface area contributed by atoms with Crippen molar-refractivity contribution >= 4 is 17.7 Å². The number of ether oxygens (including phenoxy) is 1. The van der Waals surface area contributed by atoms with Crippen LogP contribution in [0.2, 0.25) is 0 Å². The standard InChI is InChI=1S/C13H16N2O4/c1-19-11(12(16)17)8-14-13(18)15-7-6-9-4-2-3-5-10(9)15/h2-5,11H,6-8H2,1H3,(H,14,18)(H,16,17). The van der Waals surface area contributed by atoms with Crippen LogP contribution >= 0.6 is 0 Å². The van der Waals surface area contributed by atoms with Crippen LogP contribution in [0.1, 0.15) is 5.56 Å². The molecule has 0 aliphatic carbocycles. The number of urea groups is 1. The van der Waals surface area contributed by atoms with E-state index in [1.807, 2.05) is 24.3 Å². The van der Waals surface area contributed by atoms with Gasteiger partial charge in [-0.05, 0) is 18.1 Å². The number of methoxy groups -OCH3 is 1. The van der Waals surface area contributed by atoms with Gasteiger partial charge in [0.25, 0.3) is 0 Å². The van der Waals surface area contributed by atoms with Crippen molar-refractivity contribution in [2.24, 2.45) is 0 Å². The number of benzene rings is 1. The maximum absolute atomic E-state index is 12.0. The molecule has 0 spiro atoms. The Kier molecular flexibility index (Phi) is 4.01. The van der Waals surface area contributed by atoms with E-state index in [4.69, 9.17) is 9.84 Å². The fraction of sp³-hybridized carbons (Fsp3) is 0.385. The lowest BCUT2D eigenvalue weighted by molar-refractivity contribution is -0.147. The highest BCUT2D eigenvalue weighted by Crippen LogP contribution is 2.27. The number of para-hydroxylation sites is 1. The first-order chi connectivity index (χ1) is 9.13. The van der Waals surface area contributed by atoms with Gasteiger partial charge >= 0.3 is 12.0 Å². The van der Waals surface area contributed by atoms with Crippen molar-refractivity contribution in [3.63, 3.8) is 0 Å². The molecule has 1 aromatic rings. The summed E-state index contributed by atoms with van der Waals surface area (Å²) in [5.74, 6) is -1.09. The van der Waals surface area contributed by atoms with Gasteiger partial charge in [-0.3, -0.25) is 4.90 Å². The zero-order valence-electron chi connectivity index (χ0n) is 10.6. The second-order valence-electron chi connectivity index (χ2n) is 4.28. The van der Waals surface area contributed by atoms with Crippen molar-refractivity contribution in [3.8, 4) is 0 Å². The zero-order chi connectivity index (χ0) is 13.8. The molecule has 1 aliphatic rings. The maximum atomic E-state index is 12.0. The van der Waals surface area contributed by atoms with Crippen LogP contribution in [0.4, 0.5) is 10.5 Å². The van der Waals surface area contributed by atoms with Gasteiger partial charge in [0.1, 0.15) is 0 Å². The molecule has 0 aromatic heterocycles. The molecule has 1 aromatic carbocycles. The van der Waals surface area contributed by atoms with E-state index >= 15 is 0 Å². The van der Waals surface area contributed by atoms with Gasteiger partial charge in [0.05, 0.1) is 6.54 Å². The Morgan fingerprint density at radius 3 is 2.89 bits per heavy atom. The molecule has 102 valence electrons. The smallest absolute Gasteiger partial charge is 0.334 e. The van der Waals surface area contributed by atoms with E-state index in [1.165, 1.54) is 7.11 Å². The molecular weight excluding hydrogens is 248 g/mol. The first-order valence-corrected chi connectivity index (χ1v) is 6.02. The summed E-state index contributed by atoms with van der Waals surface area (Å²) in [5, 5.41) is 11.4. The Labute approximate surface area is 111 Å². The second kappa shape index (κ2) is 5.71. The first-order valence-electron chi connectivity index (χ1n) is 6.02. The summed E-state index contributed by atoms with van der Waals surface area (Å²) < 4.78 is 4.76. The number of hydrogen-bond acceptors (Lipinski definition) is 3. The molecular formula is C13H16N2O4. The average Bonchev–Trinajstić information content (AvgIpc) is 2.82. The summed E-state index contributed by atoms with van der Waals surface area (Å²) in [6.07, 6.45) is -0.210. The minimum absolute atomic E-state index is 0.0522. The van der Waals surface area contributed by atoms with Crippen molar-refractivity contribution in [3.05, 3.63) is 29.8 Å². The number of rotatable bonds is 4. The van der Waals surface area contributed by atoms with Crippen molar-refractivity contribution < 1.29 is 19.4 Å². The predicted octanol–water partition coefficient (Wildman–Crippen LogP) is 0.858. The van der Waals surface area contributed by atoms with Crippen LogP contribution in [-0.2, 0) is 16.0 Å². The monoisotopic (exact) mass is 264 g/mol. The number of nitrogens with one attached hydrogen (secondary N) is 1. The van der Waals surface area contributed by atoms with Gasteiger partial charge in [-0.15, -0.1) is 0 Å². The molecule has 2 amide bonds. The highest BCUT2D eigenvalue weighted by molar-refractivity contribution is 5.94. The zero-order valence-corrected chi connectivity index (χ0v) is 10.6. The van der Waals surface area contributed by atoms with Crippen molar-refractivity contribution in [2.45, 2.75) is 12.5 Å². The molecule has 6 nitrogen and oxygen atoms in total. The lowest BCUT2D eigenvalue weighted by atomic mass is 10.2.